The maximum atomic E-state index is 12.2. The quantitative estimate of drug-likeness (QED) is 0.654. The van der Waals surface area contributed by atoms with Crippen molar-refractivity contribution in [1.82, 2.24) is 10.2 Å². The molecule has 118 valence electrons. The van der Waals surface area contributed by atoms with E-state index in [-0.39, 0.29) is 0 Å². The number of carbonyl (C=O) groups is 1. The van der Waals surface area contributed by atoms with Gasteiger partial charge >= 0.3 is 0 Å². The van der Waals surface area contributed by atoms with Crippen LogP contribution in [0.1, 0.15) is 77.6 Å². The summed E-state index contributed by atoms with van der Waals surface area (Å²) in [5, 5.41) is 3.41. The predicted molar refractivity (Wildman–Crippen MR) is 85.9 cm³/mol. The number of carbonyl (C=O) groups excluding carboxylic acids is 1. The van der Waals surface area contributed by atoms with Gasteiger partial charge in [-0.15, -0.1) is 0 Å². The molecule has 0 spiro atoms. The number of rotatable bonds is 9. The molecule has 1 atom stereocenters. The first-order valence-corrected chi connectivity index (χ1v) is 8.72. The number of nitrogens with zero attached hydrogens (tertiary/aromatic N) is 1. The number of hydrogen-bond acceptors (Lipinski definition) is 2. The van der Waals surface area contributed by atoms with Crippen LogP contribution in [0.5, 0.6) is 0 Å². The van der Waals surface area contributed by atoms with E-state index in [1.807, 2.05) is 11.9 Å². The standard InChI is InChI=1S/C17H34N2O/c1-3-4-5-6-7-8-9-12-17(20)19(2)16-11-10-14-18-15-13-16/h16,18H,3-15H2,1-2H3. The lowest BCUT2D eigenvalue weighted by molar-refractivity contribution is -0.132. The Morgan fingerprint density at radius 1 is 1.05 bits per heavy atom. The van der Waals surface area contributed by atoms with Crippen LogP contribution in [0.15, 0.2) is 0 Å². The summed E-state index contributed by atoms with van der Waals surface area (Å²) in [4.78, 5) is 14.2. The lowest BCUT2D eigenvalue weighted by Crippen LogP contribution is -2.37. The number of hydrogen-bond donors (Lipinski definition) is 1. The normalized spacial score (nSPS) is 19.6. The molecule has 1 N–H and O–H groups in total. The molecule has 1 aliphatic heterocycles. The summed E-state index contributed by atoms with van der Waals surface area (Å²) < 4.78 is 0. The molecule has 0 radical (unpaired) electrons. The smallest absolute Gasteiger partial charge is 0.222 e. The van der Waals surface area contributed by atoms with Crippen molar-refractivity contribution < 1.29 is 4.79 Å². The lowest BCUT2D eigenvalue weighted by Gasteiger charge is -2.27. The molecule has 0 aliphatic carbocycles. The molecule has 1 fully saturated rings. The Balaban J connectivity index is 2.08. The van der Waals surface area contributed by atoms with Crippen molar-refractivity contribution in [3.63, 3.8) is 0 Å². The van der Waals surface area contributed by atoms with E-state index < -0.39 is 0 Å². The molecule has 0 saturated carbocycles. The molecule has 1 aliphatic rings. The highest BCUT2D eigenvalue weighted by Gasteiger charge is 2.20. The molecule has 1 amide bonds. The van der Waals surface area contributed by atoms with Gasteiger partial charge in [-0.3, -0.25) is 4.79 Å². The predicted octanol–water partition coefficient (Wildman–Crippen LogP) is 3.73. The second kappa shape index (κ2) is 11.1. The molecule has 3 nitrogen and oxygen atoms in total. The van der Waals surface area contributed by atoms with Crippen LogP contribution >= 0.6 is 0 Å². The van der Waals surface area contributed by atoms with Gasteiger partial charge < -0.3 is 10.2 Å². The molecule has 0 aromatic carbocycles. The third-order valence-corrected chi connectivity index (χ3v) is 4.48. The summed E-state index contributed by atoms with van der Waals surface area (Å²) in [6.45, 7) is 4.41. The summed E-state index contributed by atoms with van der Waals surface area (Å²) in [5.41, 5.74) is 0. The molecule has 1 unspecified atom stereocenters. The van der Waals surface area contributed by atoms with Crippen LogP contribution < -0.4 is 5.32 Å². The van der Waals surface area contributed by atoms with Crippen molar-refractivity contribution >= 4 is 5.91 Å². The number of nitrogens with one attached hydrogen (secondary N) is 1. The first-order valence-electron chi connectivity index (χ1n) is 8.72. The van der Waals surface area contributed by atoms with E-state index in [2.05, 4.69) is 12.2 Å². The Morgan fingerprint density at radius 2 is 1.75 bits per heavy atom. The van der Waals surface area contributed by atoms with Crippen molar-refractivity contribution in [3.05, 3.63) is 0 Å². The van der Waals surface area contributed by atoms with Crippen LogP contribution in [0.3, 0.4) is 0 Å². The fourth-order valence-electron chi connectivity index (χ4n) is 3.00. The highest BCUT2D eigenvalue weighted by molar-refractivity contribution is 5.76. The monoisotopic (exact) mass is 282 g/mol. The average Bonchev–Trinajstić information content (AvgIpc) is 2.74. The van der Waals surface area contributed by atoms with Crippen molar-refractivity contribution in [1.29, 1.82) is 0 Å². The van der Waals surface area contributed by atoms with Gasteiger partial charge in [0.1, 0.15) is 0 Å². The summed E-state index contributed by atoms with van der Waals surface area (Å²) in [6.07, 6.45) is 13.2. The van der Waals surface area contributed by atoms with Gasteiger partial charge in [0.2, 0.25) is 5.91 Å². The minimum absolute atomic E-state index is 0.352. The summed E-state index contributed by atoms with van der Waals surface area (Å²) in [7, 11) is 2.00. The zero-order valence-corrected chi connectivity index (χ0v) is 13.6. The third-order valence-electron chi connectivity index (χ3n) is 4.48. The fraction of sp³-hybridized carbons (Fsp3) is 0.941. The fourth-order valence-corrected chi connectivity index (χ4v) is 3.00. The van der Waals surface area contributed by atoms with Crippen LogP contribution in [0.2, 0.25) is 0 Å². The summed E-state index contributed by atoms with van der Waals surface area (Å²) >= 11 is 0. The van der Waals surface area contributed by atoms with Crippen molar-refractivity contribution in [3.8, 4) is 0 Å². The van der Waals surface area contributed by atoms with Gasteiger partial charge in [-0.2, -0.15) is 0 Å². The van der Waals surface area contributed by atoms with Crippen LogP contribution in [0, 0.1) is 0 Å². The zero-order chi connectivity index (χ0) is 14.6. The molecule has 0 bridgehead atoms. The Kier molecular flexibility index (Phi) is 9.73. The van der Waals surface area contributed by atoms with E-state index in [1.165, 1.54) is 44.9 Å². The van der Waals surface area contributed by atoms with Crippen LogP contribution in [-0.4, -0.2) is 37.0 Å². The van der Waals surface area contributed by atoms with E-state index in [0.29, 0.717) is 11.9 Å². The van der Waals surface area contributed by atoms with Crippen molar-refractivity contribution in [2.24, 2.45) is 0 Å². The Labute approximate surface area is 125 Å². The van der Waals surface area contributed by atoms with E-state index in [0.717, 1.165) is 38.8 Å². The van der Waals surface area contributed by atoms with Gasteiger partial charge in [-0.25, -0.2) is 0 Å². The largest absolute Gasteiger partial charge is 0.343 e. The van der Waals surface area contributed by atoms with Gasteiger partial charge in [-0.05, 0) is 38.8 Å². The summed E-state index contributed by atoms with van der Waals surface area (Å²) in [6, 6.07) is 0.460. The molecule has 1 heterocycles. The Morgan fingerprint density at radius 3 is 2.50 bits per heavy atom. The maximum Gasteiger partial charge on any atom is 0.222 e. The van der Waals surface area contributed by atoms with Crippen LogP contribution in [0.25, 0.3) is 0 Å². The van der Waals surface area contributed by atoms with E-state index in [4.69, 9.17) is 0 Å². The second-order valence-electron chi connectivity index (χ2n) is 6.21. The third kappa shape index (κ3) is 7.28. The van der Waals surface area contributed by atoms with E-state index in [1.54, 1.807) is 0 Å². The topological polar surface area (TPSA) is 32.3 Å². The lowest BCUT2D eigenvalue weighted by atomic mass is 10.1. The first kappa shape index (κ1) is 17.5. The molecule has 3 heteroatoms. The first-order chi connectivity index (χ1) is 9.75. The molecular formula is C17H34N2O. The summed E-state index contributed by atoms with van der Waals surface area (Å²) in [5.74, 6) is 0.352. The van der Waals surface area contributed by atoms with E-state index in [9.17, 15) is 4.79 Å². The Hall–Kier alpha value is -0.570. The maximum absolute atomic E-state index is 12.2. The Bertz CT molecular complexity index is 247. The van der Waals surface area contributed by atoms with Crippen molar-refractivity contribution in [2.75, 3.05) is 20.1 Å². The average molecular weight is 282 g/mol. The SMILES string of the molecule is CCCCCCCCCC(=O)N(C)C1CCCNCC1. The van der Waals surface area contributed by atoms with Crippen LogP contribution in [-0.2, 0) is 4.79 Å². The van der Waals surface area contributed by atoms with Gasteiger partial charge in [0.15, 0.2) is 0 Å². The zero-order valence-electron chi connectivity index (χ0n) is 13.6. The highest BCUT2D eigenvalue weighted by Crippen LogP contribution is 2.14. The minimum Gasteiger partial charge on any atom is -0.343 e. The highest BCUT2D eigenvalue weighted by atomic mass is 16.2. The minimum atomic E-state index is 0.352. The van der Waals surface area contributed by atoms with Gasteiger partial charge in [0, 0.05) is 19.5 Å². The molecule has 20 heavy (non-hydrogen) atoms. The van der Waals surface area contributed by atoms with Crippen molar-refractivity contribution in [2.45, 2.75) is 83.6 Å². The molecular weight excluding hydrogens is 248 g/mol. The van der Waals surface area contributed by atoms with Gasteiger partial charge in [0.05, 0.1) is 0 Å². The van der Waals surface area contributed by atoms with Gasteiger partial charge in [0.25, 0.3) is 0 Å². The molecule has 0 aromatic rings. The number of amides is 1. The number of unbranched alkanes of at least 4 members (excludes halogenated alkanes) is 6. The molecule has 1 saturated heterocycles. The molecule has 1 rings (SSSR count). The van der Waals surface area contributed by atoms with Gasteiger partial charge in [-0.1, -0.05) is 45.4 Å². The van der Waals surface area contributed by atoms with Crippen LogP contribution in [0.4, 0.5) is 0 Å². The van der Waals surface area contributed by atoms with E-state index >= 15 is 0 Å². The second-order valence-corrected chi connectivity index (χ2v) is 6.21. The molecule has 0 aromatic heterocycles.